The molecule has 14 heavy (non-hydrogen) atoms. The lowest BCUT2D eigenvalue weighted by Crippen LogP contribution is -2.21. The maximum atomic E-state index is 8.89. The van der Waals surface area contributed by atoms with Gasteiger partial charge in [0.2, 0.25) is 0 Å². The molecule has 0 saturated heterocycles. The van der Waals surface area contributed by atoms with Crippen molar-refractivity contribution in [3.63, 3.8) is 0 Å². The Hall–Kier alpha value is -1.36. The molecule has 5 heteroatoms. The van der Waals surface area contributed by atoms with Crippen LogP contribution >= 0.6 is 0 Å². The second kappa shape index (κ2) is 4.76. The van der Waals surface area contributed by atoms with Gasteiger partial charge in [-0.2, -0.15) is 0 Å². The zero-order valence-electron chi connectivity index (χ0n) is 8.70. The quantitative estimate of drug-likeness (QED) is 0.658. The van der Waals surface area contributed by atoms with Crippen molar-refractivity contribution < 1.29 is 5.11 Å². The highest BCUT2D eigenvalue weighted by atomic mass is 16.3. The Morgan fingerprint density at radius 1 is 1.43 bits per heavy atom. The minimum Gasteiger partial charge on any atom is -0.394 e. The summed E-state index contributed by atoms with van der Waals surface area (Å²) in [6, 6.07) is -0.00620. The molecule has 0 saturated carbocycles. The van der Waals surface area contributed by atoms with E-state index in [1.54, 1.807) is 0 Å². The predicted octanol–water partition coefficient (Wildman–Crippen LogP) is 0.619. The van der Waals surface area contributed by atoms with Crippen molar-refractivity contribution in [2.24, 2.45) is 0 Å². The minimum absolute atomic E-state index is 0.00620. The SMILES string of the molecule is CNc1ncnc(NC(C)CO)c1C. The normalized spacial score (nSPS) is 12.3. The van der Waals surface area contributed by atoms with Gasteiger partial charge in [0.15, 0.2) is 0 Å². The molecule has 0 aromatic carbocycles. The third-order valence-corrected chi connectivity index (χ3v) is 1.98. The van der Waals surface area contributed by atoms with Crippen LogP contribution in [0.3, 0.4) is 0 Å². The van der Waals surface area contributed by atoms with E-state index in [0.29, 0.717) is 0 Å². The van der Waals surface area contributed by atoms with Crippen LogP contribution in [0.25, 0.3) is 0 Å². The van der Waals surface area contributed by atoms with Gasteiger partial charge in [0.05, 0.1) is 6.61 Å². The van der Waals surface area contributed by atoms with Gasteiger partial charge in [-0.15, -0.1) is 0 Å². The van der Waals surface area contributed by atoms with E-state index in [1.807, 2.05) is 20.9 Å². The molecule has 1 heterocycles. The van der Waals surface area contributed by atoms with Gasteiger partial charge in [-0.25, -0.2) is 9.97 Å². The molecule has 1 aromatic rings. The van der Waals surface area contributed by atoms with Crippen LogP contribution in [0.4, 0.5) is 11.6 Å². The maximum absolute atomic E-state index is 8.89. The van der Waals surface area contributed by atoms with Crippen LogP contribution in [0.15, 0.2) is 6.33 Å². The molecule has 5 nitrogen and oxygen atoms in total. The summed E-state index contributed by atoms with van der Waals surface area (Å²) in [6.45, 7) is 3.90. The molecule has 3 N–H and O–H groups in total. The van der Waals surface area contributed by atoms with Gasteiger partial charge in [0.1, 0.15) is 18.0 Å². The Balaban J connectivity index is 2.86. The summed E-state index contributed by atoms with van der Waals surface area (Å²) in [6.07, 6.45) is 1.49. The summed E-state index contributed by atoms with van der Waals surface area (Å²) >= 11 is 0. The van der Waals surface area contributed by atoms with Crippen LogP contribution in [-0.4, -0.2) is 34.8 Å². The number of nitrogens with one attached hydrogen (secondary N) is 2. The molecule has 0 spiro atoms. The van der Waals surface area contributed by atoms with E-state index in [4.69, 9.17) is 5.11 Å². The van der Waals surface area contributed by atoms with Crippen LogP contribution in [0, 0.1) is 6.92 Å². The minimum atomic E-state index is -0.00620. The van der Waals surface area contributed by atoms with Crippen molar-refractivity contribution in [3.8, 4) is 0 Å². The summed E-state index contributed by atoms with van der Waals surface area (Å²) < 4.78 is 0. The Morgan fingerprint density at radius 3 is 2.64 bits per heavy atom. The summed E-state index contributed by atoms with van der Waals surface area (Å²) in [5.41, 5.74) is 0.954. The van der Waals surface area contributed by atoms with Gasteiger partial charge in [-0.3, -0.25) is 0 Å². The molecule has 0 aliphatic rings. The van der Waals surface area contributed by atoms with E-state index in [2.05, 4.69) is 20.6 Å². The third-order valence-electron chi connectivity index (χ3n) is 1.98. The molecule has 0 fully saturated rings. The van der Waals surface area contributed by atoms with Gasteiger partial charge in [0, 0.05) is 18.7 Å². The average Bonchev–Trinajstić information content (AvgIpc) is 2.21. The van der Waals surface area contributed by atoms with Gasteiger partial charge >= 0.3 is 0 Å². The molecule has 78 valence electrons. The number of hydrogen-bond acceptors (Lipinski definition) is 5. The highest BCUT2D eigenvalue weighted by Gasteiger charge is 2.07. The van der Waals surface area contributed by atoms with E-state index in [0.717, 1.165) is 17.2 Å². The Kier molecular flexibility index (Phi) is 3.64. The van der Waals surface area contributed by atoms with Gasteiger partial charge in [-0.05, 0) is 13.8 Å². The third kappa shape index (κ3) is 2.32. The van der Waals surface area contributed by atoms with E-state index in [9.17, 15) is 0 Å². The highest BCUT2D eigenvalue weighted by molar-refractivity contribution is 5.56. The Bertz CT molecular complexity index is 303. The summed E-state index contributed by atoms with van der Waals surface area (Å²) in [7, 11) is 1.81. The molecular weight excluding hydrogens is 180 g/mol. The molecular formula is C9H16N4O. The fraction of sp³-hybridized carbons (Fsp3) is 0.556. The predicted molar refractivity (Wildman–Crippen MR) is 56.5 cm³/mol. The molecule has 1 aromatic heterocycles. The number of aromatic nitrogens is 2. The lowest BCUT2D eigenvalue weighted by molar-refractivity contribution is 0.281. The standard InChI is InChI=1S/C9H16N4O/c1-6(4-14)13-9-7(2)8(10-3)11-5-12-9/h5-6,14H,4H2,1-3H3,(H2,10,11,12,13). The number of anilines is 2. The van der Waals surface area contributed by atoms with Gasteiger partial charge < -0.3 is 15.7 Å². The average molecular weight is 196 g/mol. The van der Waals surface area contributed by atoms with E-state index < -0.39 is 0 Å². The largest absolute Gasteiger partial charge is 0.394 e. The lowest BCUT2D eigenvalue weighted by atomic mass is 10.3. The molecule has 0 radical (unpaired) electrons. The topological polar surface area (TPSA) is 70.1 Å². The molecule has 1 unspecified atom stereocenters. The molecule has 0 bridgehead atoms. The van der Waals surface area contributed by atoms with Crippen molar-refractivity contribution in [2.75, 3.05) is 24.3 Å². The number of nitrogens with zero attached hydrogens (tertiary/aromatic N) is 2. The molecule has 0 aliphatic carbocycles. The van der Waals surface area contributed by atoms with Crippen molar-refractivity contribution in [1.82, 2.24) is 9.97 Å². The Labute approximate surface area is 83.6 Å². The van der Waals surface area contributed by atoms with Crippen molar-refractivity contribution in [2.45, 2.75) is 19.9 Å². The second-order valence-electron chi connectivity index (χ2n) is 3.17. The fourth-order valence-electron chi connectivity index (χ4n) is 1.13. The molecule has 0 amide bonds. The first kappa shape index (κ1) is 10.7. The number of aliphatic hydroxyl groups is 1. The first-order valence-electron chi connectivity index (χ1n) is 4.55. The maximum Gasteiger partial charge on any atom is 0.134 e. The Morgan fingerprint density at radius 2 is 2.07 bits per heavy atom. The number of rotatable bonds is 4. The zero-order valence-corrected chi connectivity index (χ0v) is 8.70. The first-order valence-corrected chi connectivity index (χ1v) is 4.55. The van der Waals surface area contributed by atoms with Crippen LogP contribution in [0.5, 0.6) is 0 Å². The van der Waals surface area contributed by atoms with Gasteiger partial charge in [0.25, 0.3) is 0 Å². The fourth-order valence-corrected chi connectivity index (χ4v) is 1.13. The second-order valence-corrected chi connectivity index (χ2v) is 3.17. The van der Waals surface area contributed by atoms with Crippen LogP contribution < -0.4 is 10.6 Å². The first-order chi connectivity index (χ1) is 6.69. The molecule has 0 aliphatic heterocycles. The molecule has 1 atom stereocenters. The van der Waals surface area contributed by atoms with E-state index in [-0.39, 0.29) is 12.6 Å². The van der Waals surface area contributed by atoms with Crippen molar-refractivity contribution in [1.29, 1.82) is 0 Å². The van der Waals surface area contributed by atoms with Crippen molar-refractivity contribution >= 4 is 11.6 Å². The molecule has 1 rings (SSSR count). The van der Waals surface area contributed by atoms with Crippen LogP contribution in [0.1, 0.15) is 12.5 Å². The monoisotopic (exact) mass is 196 g/mol. The number of aliphatic hydroxyl groups excluding tert-OH is 1. The van der Waals surface area contributed by atoms with E-state index >= 15 is 0 Å². The van der Waals surface area contributed by atoms with Crippen LogP contribution in [0.2, 0.25) is 0 Å². The smallest absolute Gasteiger partial charge is 0.134 e. The highest BCUT2D eigenvalue weighted by Crippen LogP contribution is 2.17. The van der Waals surface area contributed by atoms with Crippen molar-refractivity contribution in [3.05, 3.63) is 11.9 Å². The van der Waals surface area contributed by atoms with E-state index in [1.165, 1.54) is 6.33 Å². The summed E-state index contributed by atoms with van der Waals surface area (Å²) in [5, 5.41) is 15.0. The zero-order chi connectivity index (χ0) is 10.6. The van der Waals surface area contributed by atoms with Gasteiger partial charge in [-0.1, -0.05) is 0 Å². The number of hydrogen-bond donors (Lipinski definition) is 3. The summed E-state index contributed by atoms with van der Waals surface area (Å²) in [4.78, 5) is 8.17. The van der Waals surface area contributed by atoms with Crippen LogP contribution in [-0.2, 0) is 0 Å². The lowest BCUT2D eigenvalue weighted by Gasteiger charge is -2.14. The summed E-state index contributed by atoms with van der Waals surface area (Å²) in [5.74, 6) is 1.55.